The topological polar surface area (TPSA) is 118 Å². The van der Waals surface area contributed by atoms with Crippen LogP contribution in [-0.4, -0.2) is 62.7 Å². The van der Waals surface area contributed by atoms with E-state index in [0.717, 1.165) is 42.4 Å². The van der Waals surface area contributed by atoms with Crippen LogP contribution in [-0.2, 0) is 11.2 Å². The quantitative estimate of drug-likeness (QED) is 0.165. The Morgan fingerprint density at radius 2 is 2.00 bits per heavy atom. The smallest absolute Gasteiger partial charge is 0.320 e. The molecule has 10 rings (SSSR count). The number of ether oxygens (including phenoxy) is 2. The largest absolute Gasteiger partial charge is 0.481 e. The van der Waals surface area contributed by atoms with Crippen molar-refractivity contribution in [2.24, 2.45) is 11.8 Å². The number of nitrogens with zero attached hydrogens (tertiary/aromatic N) is 6. The standard InChI is InChI=1S/C39H36Cl2FN7O3/c1-19-25-16-30(29-15-23(18-48(29)38(50)20-8-9-20)52-39-44-12-10-31(47-39)51-2)49(36-22-14-28(36)45-17-22)37(25)26-13-21(5-4-11-43)32(34(42)35(26)46-19)24-6-3-7-27(40)33(24)41/h3,6-7,10,12-13,16,20,22-23,28-29,36,45H,4-5,8-9,14-15,17-18H2,1-2H3. The van der Waals surface area contributed by atoms with Gasteiger partial charge in [-0.1, -0.05) is 35.3 Å². The molecule has 5 atom stereocenters. The lowest BCUT2D eigenvalue weighted by atomic mass is 9.79. The number of carbonyl (C=O) groups is 1. The van der Waals surface area contributed by atoms with E-state index in [1.54, 1.807) is 37.6 Å². The summed E-state index contributed by atoms with van der Waals surface area (Å²) < 4.78 is 31.2. The van der Waals surface area contributed by atoms with Gasteiger partial charge in [0.05, 0.1) is 47.4 Å². The normalized spacial score (nSPS) is 23.6. The number of hydrogen-bond donors (Lipinski definition) is 1. The van der Waals surface area contributed by atoms with Crippen LogP contribution in [0.3, 0.4) is 0 Å². The Balaban J connectivity index is 1.25. The molecule has 3 aromatic heterocycles. The highest BCUT2D eigenvalue weighted by Gasteiger charge is 2.51. The van der Waals surface area contributed by atoms with Crippen molar-refractivity contribution in [1.29, 1.82) is 5.26 Å². The first-order valence-corrected chi connectivity index (χ1v) is 18.6. The highest BCUT2D eigenvalue weighted by Crippen LogP contribution is 2.51. The maximum Gasteiger partial charge on any atom is 0.320 e. The van der Waals surface area contributed by atoms with E-state index in [1.165, 1.54) is 0 Å². The first-order valence-electron chi connectivity index (χ1n) is 17.8. The molecule has 10 nitrogen and oxygen atoms in total. The molecular formula is C39H36Cl2FN7O3. The van der Waals surface area contributed by atoms with Crippen molar-refractivity contribution in [3.8, 4) is 29.1 Å². The number of halogens is 3. The van der Waals surface area contributed by atoms with Crippen LogP contribution in [0.15, 0.2) is 42.6 Å². The fourth-order valence-corrected chi connectivity index (χ4v) is 9.11. The maximum atomic E-state index is 17.2. The number of amides is 1. The van der Waals surface area contributed by atoms with Crippen molar-refractivity contribution < 1.29 is 18.7 Å². The summed E-state index contributed by atoms with van der Waals surface area (Å²) in [5.74, 6) is 0.423. The zero-order valence-electron chi connectivity index (χ0n) is 28.7. The molecule has 5 unspecified atom stereocenters. The molecule has 5 aromatic rings. The van der Waals surface area contributed by atoms with Crippen molar-refractivity contribution >= 4 is 50.9 Å². The van der Waals surface area contributed by atoms with E-state index in [1.807, 2.05) is 17.9 Å². The van der Waals surface area contributed by atoms with E-state index in [-0.39, 0.29) is 59.0 Å². The monoisotopic (exact) mass is 739 g/mol. The number of likely N-dealkylation sites (tertiary alicyclic amines) is 1. The molecule has 5 fully saturated rings. The number of nitriles is 1. The van der Waals surface area contributed by atoms with Crippen LogP contribution in [0.4, 0.5) is 4.39 Å². The number of methoxy groups -OCH3 is 1. The van der Waals surface area contributed by atoms with Crippen molar-refractivity contribution in [3.63, 3.8) is 0 Å². The molecule has 13 heteroatoms. The third kappa shape index (κ3) is 5.37. The SMILES string of the molecule is COc1ccnc(OC2CC(c3cc4c(C)nc5c(F)c(-c6cccc(Cl)c6Cl)c(CCC#N)cc5c4n3C3C4CNC3C4)N(C(=O)C3CC3)C2)n1. The van der Waals surface area contributed by atoms with Crippen LogP contribution in [0.25, 0.3) is 32.9 Å². The molecule has 2 aliphatic carbocycles. The van der Waals surface area contributed by atoms with Gasteiger partial charge in [-0.25, -0.2) is 14.4 Å². The molecule has 1 N–H and O–H groups in total. The molecule has 2 aromatic carbocycles. The van der Waals surface area contributed by atoms with Crippen molar-refractivity contribution in [1.82, 2.24) is 29.7 Å². The Hall–Kier alpha value is -4.50. The minimum absolute atomic E-state index is 0.00598. The number of aromatic nitrogens is 4. The second kappa shape index (κ2) is 12.9. The Morgan fingerprint density at radius 1 is 1.15 bits per heavy atom. The number of benzene rings is 2. The predicted molar refractivity (Wildman–Crippen MR) is 195 cm³/mol. The number of hydrogen-bond acceptors (Lipinski definition) is 8. The van der Waals surface area contributed by atoms with E-state index in [0.29, 0.717) is 64.0 Å². The molecule has 266 valence electrons. The molecule has 0 radical (unpaired) electrons. The van der Waals surface area contributed by atoms with Gasteiger partial charge in [-0.05, 0) is 62.3 Å². The molecular weight excluding hydrogens is 704 g/mol. The lowest BCUT2D eigenvalue weighted by Gasteiger charge is -2.39. The first-order chi connectivity index (χ1) is 25.2. The predicted octanol–water partition coefficient (Wildman–Crippen LogP) is 7.53. The van der Waals surface area contributed by atoms with Crippen LogP contribution >= 0.6 is 23.2 Å². The van der Waals surface area contributed by atoms with Gasteiger partial charge in [-0.2, -0.15) is 10.2 Å². The van der Waals surface area contributed by atoms with E-state index in [2.05, 4.69) is 32.0 Å². The van der Waals surface area contributed by atoms with E-state index in [9.17, 15) is 10.1 Å². The summed E-state index contributed by atoms with van der Waals surface area (Å²) in [4.78, 5) is 29.6. The summed E-state index contributed by atoms with van der Waals surface area (Å²) in [5, 5.41) is 15.4. The number of rotatable bonds is 9. The Morgan fingerprint density at radius 3 is 2.73 bits per heavy atom. The van der Waals surface area contributed by atoms with Crippen LogP contribution in [0.5, 0.6) is 11.9 Å². The molecule has 2 saturated carbocycles. The van der Waals surface area contributed by atoms with Gasteiger partial charge in [-0.15, -0.1) is 0 Å². The highest BCUT2D eigenvalue weighted by molar-refractivity contribution is 6.43. The Kier molecular flexibility index (Phi) is 8.25. The van der Waals surface area contributed by atoms with Crippen LogP contribution < -0.4 is 14.8 Å². The zero-order chi connectivity index (χ0) is 35.8. The van der Waals surface area contributed by atoms with E-state index >= 15 is 4.39 Å². The molecule has 2 bridgehead atoms. The average Bonchev–Trinajstić information content (AvgIpc) is 3.43. The van der Waals surface area contributed by atoms with Crippen molar-refractivity contribution in [2.45, 2.75) is 69.7 Å². The number of carbonyl (C=O) groups excluding carboxylic acids is 1. The summed E-state index contributed by atoms with van der Waals surface area (Å²) >= 11 is 13.1. The molecule has 3 saturated heterocycles. The number of pyridine rings is 1. The lowest BCUT2D eigenvalue weighted by Crippen LogP contribution is -2.41. The number of aryl methyl sites for hydroxylation is 2. The van der Waals surface area contributed by atoms with Gasteiger partial charge in [0, 0.05) is 76.9 Å². The summed E-state index contributed by atoms with van der Waals surface area (Å²) in [6.45, 7) is 3.20. The molecule has 5 aliphatic rings. The van der Waals surface area contributed by atoms with Crippen molar-refractivity contribution in [3.05, 3.63) is 75.4 Å². The number of nitrogens with one attached hydrogen (secondary N) is 1. The third-order valence-corrected chi connectivity index (χ3v) is 12.2. The molecule has 1 amide bonds. The fourth-order valence-electron chi connectivity index (χ4n) is 8.71. The maximum absolute atomic E-state index is 17.2. The second-order valence-electron chi connectivity index (χ2n) is 14.4. The number of fused-ring (bicyclic) bond motifs is 4. The second-order valence-corrected chi connectivity index (χ2v) is 15.2. The minimum Gasteiger partial charge on any atom is -0.481 e. The summed E-state index contributed by atoms with van der Waals surface area (Å²) in [6.07, 6.45) is 5.10. The minimum atomic E-state index is -0.498. The first kappa shape index (κ1) is 33.3. The van der Waals surface area contributed by atoms with Gasteiger partial charge in [0.15, 0.2) is 5.82 Å². The van der Waals surface area contributed by atoms with Gasteiger partial charge in [0.2, 0.25) is 11.8 Å². The van der Waals surface area contributed by atoms with Crippen molar-refractivity contribution in [2.75, 3.05) is 20.2 Å². The van der Waals surface area contributed by atoms with Gasteiger partial charge in [0.25, 0.3) is 0 Å². The van der Waals surface area contributed by atoms with Gasteiger partial charge in [0.1, 0.15) is 11.6 Å². The zero-order valence-corrected chi connectivity index (χ0v) is 30.2. The van der Waals surface area contributed by atoms with Crippen LogP contribution in [0, 0.1) is 35.9 Å². The fraction of sp³-hybridized carbons (Fsp3) is 0.410. The van der Waals surface area contributed by atoms with Crippen LogP contribution in [0.1, 0.15) is 61.1 Å². The Bertz CT molecular complexity index is 2310. The van der Waals surface area contributed by atoms with E-state index < -0.39 is 5.82 Å². The summed E-state index contributed by atoms with van der Waals surface area (Å²) in [7, 11) is 1.54. The summed E-state index contributed by atoms with van der Waals surface area (Å²) in [5.41, 5.74) is 4.22. The van der Waals surface area contributed by atoms with Gasteiger partial charge >= 0.3 is 6.01 Å². The third-order valence-electron chi connectivity index (χ3n) is 11.3. The molecule has 52 heavy (non-hydrogen) atoms. The highest BCUT2D eigenvalue weighted by atomic mass is 35.5. The summed E-state index contributed by atoms with van der Waals surface area (Å²) in [6, 6.07) is 13.5. The molecule has 3 aliphatic heterocycles. The molecule has 6 heterocycles. The average molecular weight is 741 g/mol. The van der Waals surface area contributed by atoms with Crippen LogP contribution in [0.2, 0.25) is 10.0 Å². The lowest BCUT2D eigenvalue weighted by molar-refractivity contribution is -0.133. The molecule has 0 spiro atoms. The van der Waals surface area contributed by atoms with E-state index in [4.69, 9.17) is 37.7 Å². The Labute approximate surface area is 309 Å². The van der Waals surface area contributed by atoms with Gasteiger partial charge in [-0.3, -0.25) is 4.79 Å². The van der Waals surface area contributed by atoms with Gasteiger partial charge < -0.3 is 24.3 Å².